The number of tetrazole rings is 1. The Bertz CT molecular complexity index is 402. The van der Waals surface area contributed by atoms with Gasteiger partial charge in [-0.2, -0.15) is 15.5 Å². The summed E-state index contributed by atoms with van der Waals surface area (Å²) in [5.74, 6) is 0. The van der Waals surface area contributed by atoms with E-state index in [0.717, 1.165) is 38.9 Å². The first-order valence-electron chi connectivity index (χ1n) is 6.46. The summed E-state index contributed by atoms with van der Waals surface area (Å²) < 4.78 is 0. The highest BCUT2D eigenvalue weighted by atomic mass is 16.6. The van der Waals surface area contributed by atoms with Crippen molar-refractivity contribution in [1.82, 2.24) is 30.6 Å². The number of rotatable bonds is 6. The first-order chi connectivity index (χ1) is 9.33. The zero-order valence-corrected chi connectivity index (χ0v) is 11.1. The summed E-state index contributed by atoms with van der Waals surface area (Å²) in [6.07, 6.45) is 4.16. The van der Waals surface area contributed by atoms with Crippen molar-refractivity contribution in [3.8, 4) is 6.07 Å². The van der Waals surface area contributed by atoms with E-state index in [4.69, 9.17) is 4.84 Å². The molecule has 1 N–H and O–H groups in total. The third kappa shape index (κ3) is 3.96. The summed E-state index contributed by atoms with van der Waals surface area (Å²) >= 11 is 0. The van der Waals surface area contributed by atoms with E-state index in [0.29, 0.717) is 6.04 Å². The van der Waals surface area contributed by atoms with E-state index in [1.54, 1.807) is 11.9 Å². The average Bonchev–Trinajstić information content (AvgIpc) is 2.93. The fourth-order valence-corrected chi connectivity index (χ4v) is 2.41. The maximum absolute atomic E-state index is 9.18. The van der Waals surface area contributed by atoms with Crippen LogP contribution in [0.5, 0.6) is 0 Å². The van der Waals surface area contributed by atoms with Crippen LogP contribution in [-0.4, -0.2) is 57.4 Å². The van der Waals surface area contributed by atoms with Gasteiger partial charge in [0.25, 0.3) is 0 Å². The summed E-state index contributed by atoms with van der Waals surface area (Å²) in [6.45, 7) is 2.40. The molecule has 0 saturated carbocycles. The molecule has 0 bridgehead atoms. The number of nitrogens with one attached hydrogen (secondary N) is 1. The molecule has 8 heteroatoms. The number of nitriles is 1. The van der Waals surface area contributed by atoms with Crippen LogP contribution in [0.25, 0.3) is 0 Å². The summed E-state index contributed by atoms with van der Waals surface area (Å²) in [5, 5.41) is 20.6. The molecule has 1 fully saturated rings. The Kier molecular flexibility index (Phi) is 5.20. The van der Waals surface area contributed by atoms with E-state index < -0.39 is 0 Å². The molecule has 2 rings (SSSR count). The molecule has 0 spiro atoms. The standard InChI is InChI=1S/C11H19N7O/c1-19-15-10-3-4-11(7-12)17(8-10)5-2-6-18-14-9-13-16-18/h9-11,15H,2-6,8H2,1H3/t10-,11+/m1/s1. The van der Waals surface area contributed by atoms with Crippen molar-refractivity contribution in [2.45, 2.75) is 37.9 Å². The third-order valence-corrected chi connectivity index (χ3v) is 3.31. The second kappa shape index (κ2) is 7.13. The molecule has 19 heavy (non-hydrogen) atoms. The lowest BCUT2D eigenvalue weighted by atomic mass is 9.99. The smallest absolute Gasteiger partial charge is 0.162 e. The Morgan fingerprint density at radius 2 is 2.37 bits per heavy atom. The van der Waals surface area contributed by atoms with Crippen LogP contribution in [0.15, 0.2) is 6.33 Å². The van der Waals surface area contributed by atoms with Gasteiger partial charge in [-0.05, 0) is 24.5 Å². The van der Waals surface area contributed by atoms with Crippen molar-refractivity contribution in [3.05, 3.63) is 6.33 Å². The second-order valence-electron chi connectivity index (χ2n) is 4.62. The number of hydrogen-bond acceptors (Lipinski definition) is 7. The van der Waals surface area contributed by atoms with Gasteiger partial charge in [0.05, 0.1) is 25.8 Å². The SMILES string of the molecule is CON[C@@H]1CC[C@@H](C#N)N(CCCn2ncnn2)C1. The Morgan fingerprint density at radius 3 is 3.05 bits per heavy atom. The van der Waals surface area contributed by atoms with E-state index >= 15 is 0 Å². The van der Waals surface area contributed by atoms with Gasteiger partial charge in [0, 0.05) is 19.1 Å². The Hall–Kier alpha value is -1.56. The lowest BCUT2D eigenvalue weighted by Crippen LogP contribution is -2.50. The van der Waals surface area contributed by atoms with Crippen LogP contribution in [0.1, 0.15) is 19.3 Å². The van der Waals surface area contributed by atoms with E-state index in [1.807, 2.05) is 0 Å². The summed E-state index contributed by atoms with van der Waals surface area (Å²) in [6, 6.07) is 2.66. The van der Waals surface area contributed by atoms with E-state index in [2.05, 4.69) is 31.9 Å². The monoisotopic (exact) mass is 265 g/mol. The van der Waals surface area contributed by atoms with Crippen molar-refractivity contribution < 1.29 is 4.84 Å². The molecule has 1 aromatic heterocycles. The van der Waals surface area contributed by atoms with Gasteiger partial charge < -0.3 is 4.84 Å². The van der Waals surface area contributed by atoms with Gasteiger partial charge >= 0.3 is 0 Å². The zero-order chi connectivity index (χ0) is 13.5. The van der Waals surface area contributed by atoms with Gasteiger partial charge in [0.15, 0.2) is 6.33 Å². The zero-order valence-electron chi connectivity index (χ0n) is 11.1. The number of hydroxylamine groups is 1. The average molecular weight is 265 g/mol. The van der Waals surface area contributed by atoms with Crippen LogP contribution in [0.2, 0.25) is 0 Å². The Labute approximate surface area is 112 Å². The van der Waals surface area contributed by atoms with Crippen LogP contribution < -0.4 is 5.48 Å². The molecule has 0 unspecified atom stereocenters. The predicted octanol–water partition coefficient (Wildman–Crippen LogP) is -0.429. The van der Waals surface area contributed by atoms with Crippen molar-refractivity contribution in [2.75, 3.05) is 20.2 Å². The lowest BCUT2D eigenvalue weighted by molar-refractivity contribution is 0.0230. The minimum atomic E-state index is -0.00129. The molecule has 8 nitrogen and oxygen atoms in total. The second-order valence-corrected chi connectivity index (χ2v) is 4.62. The number of aromatic nitrogens is 4. The predicted molar refractivity (Wildman–Crippen MR) is 66.6 cm³/mol. The molecule has 0 aliphatic carbocycles. The highest BCUT2D eigenvalue weighted by Crippen LogP contribution is 2.17. The molecule has 2 atom stereocenters. The molecule has 104 valence electrons. The van der Waals surface area contributed by atoms with Gasteiger partial charge in [0.1, 0.15) is 0 Å². The first-order valence-corrected chi connectivity index (χ1v) is 6.46. The van der Waals surface area contributed by atoms with Gasteiger partial charge in [-0.3, -0.25) is 4.90 Å². The van der Waals surface area contributed by atoms with Crippen LogP contribution in [0, 0.1) is 11.3 Å². The van der Waals surface area contributed by atoms with Crippen LogP contribution >= 0.6 is 0 Å². The summed E-state index contributed by atoms with van der Waals surface area (Å²) in [7, 11) is 1.62. The van der Waals surface area contributed by atoms with Crippen LogP contribution in [0.3, 0.4) is 0 Å². The van der Waals surface area contributed by atoms with Crippen molar-refractivity contribution in [2.24, 2.45) is 0 Å². The number of hydrogen-bond donors (Lipinski definition) is 1. The Morgan fingerprint density at radius 1 is 1.47 bits per heavy atom. The maximum Gasteiger partial charge on any atom is 0.162 e. The van der Waals surface area contributed by atoms with Gasteiger partial charge in [-0.15, -0.1) is 10.2 Å². The summed E-state index contributed by atoms with van der Waals surface area (Å²) in [4.78, 5) is 8.73. The molecule has 2 heterocycles. The molecule has 0 amide bonds. The number of aryl methyl sites for hydroxylation is 1. The third-order valence-electron chi connectivity index (χ3n) is 3.31. The lowest BCUT2D eigenvalue weighted by Gasteiger charge is -2.36. The van der Waals surface area contributed by atoms with Crippen molar-refractivity contribution >= 4 is 0 Å². The highest BCUT2D eigenvalue weighted by Gasteiger charge is 2.27. The molecule has 0 radical (unpaired) electrons. The van der Waals surface area contributed by atoms with Crippen LogP contribution in [0.4, 0.5) is 0 Å². The fraction of sp³-hybridized carbons (Fsp3) is 0.818. The van der Waals surface area contributed by atoms with E-state index in [1.165, 1.54) is 6.33 Å². The largest absolute Gasteiger partial charge is 0.305 e. The van der Waals surface area contributed by atoms with Gasteiger partial charge in [-0.1, -0.05) is 0 Å². The highest BCUT2D eigenvalue weighted by molar-refractivity contribution is 4.96. The fourth-order valence-electron chi connectivity index (χ4n) is 2.41. The molecule has 1 aliphatic rings. The minimum absolute atomic E-state index is 0.00129. The normalized spacial score (nSPS) is 24.2. The van der Waals surface area contributed by atoms with Crippen LogP contribution in [-0.2, 0) is 11.4 Å². The maximum atomic E-state index is 9.18. The molecule has 1 aromatic rings. The molecule has 0 aromatic carbocycles. The first kappa shape index (κ1) is 13.9. The quantitative estimate of drug-likeness (QED) is 0.698. The van der Waals surface area contributed by atoms with E-state index in [9.17, 15) is 5.26 Å². The molecular formula is C11H19N7O. The van der Waals surface area contributed by atoms with Gasteiger partial charge in [-0.25, -0.2) is 0 Å². The summed E-state index contributed by atoms with van der Waals surface area (Å²) in [5.41, 5.74) is 2.97. The minimum Gasteiger partial charge on any atom is -0.305 e. The number of piperidine rings is 1. The molecule has 1 saturated heterocycles. The Balaban J connectivity index is 1.79. The van der Waals surface area contributed by atoms with E-state index in [-0.39, 0.29) is 6.04 Å². The molecular weight excluding hydrogens is 246 g/mol. The number of likely N-dealkylation sites (tertiary alicyclic amines) is 1. The van der Waals surface area contributed by atoms with Gasteiger partial charge in [0.2, 0.25) is 0 Å². The topological polar surface area (TPSA) is 91.9 Å². The molecule has 1 aliphatic heterocycles. The number of nitrogens with zero attached hydrogens (tertiary/aromatic N) is 6. The van der Waals surface area contributed by atoms with Crippen molar-refractivity contribution in [1.29, 1.82) is 5.26 Å². The van der Waals surface area contributed by atoms with Crippen molar-refractivity contribution in [3.63, 3.8) is 0 Å².